The van der Waals surface area contributed by atoms with E-state index in [-0.39, 0.29) is 29.0 Å². The summed E-state index contributed by atoms with van der Waals surface area (Å²) in [5, 5.41) is 14.6. The largest absolute Gasteiger partial charge is 0.457 e. The van der Waals surface area contributed by atoms with Gasteiger partial charge in [-0.05, 0) is 129 Å². The van der Waals surface area contributed by atoms with Gasteiger partial charge in [0.2, 0.25) is 0 Å². The molecule has 216 valence electrons. The summed E-state index contributed by atoms with van der Waals surface area (Å²) in [7, 11) is 2.17. The number of hydrogen-bond acceptors (Lipinski definition) is 5. The molecule has 6 rings (SSSR count). The first kappa shape index (κ1) is 27.5. The zero-order chi connectivity index (χ0) is 27.7. The monoisotopic (exact) mass is 529 g/mol. The third kappa shape index (κ3) is 3.30. The van der Waals surface area contributed by atoms with Crippen LogP contribution in [0, 0.1) is 50.7 Å². The molecule has 2 unspecified atom stereocenters. The fourth-order valence-corrected chi connectivity index (χ4v) is 12.9. The van der Waals surface area contributed by atoms with Crippen molar-refractivity contribution in [3.8, 4) is 0 Å². The third-order valence-corrected chi connectivity index (χ3v) is 14.4. The van der Waals surface area contributed by atoms with Crippen LogP contribution in [0.3, 0.4) is 0 Å². The second kappa shape index (κ2) is 8.22. The fourth-order valence-electron chi connectivity index (χ4n) is 12.9. The number of fused-ring (bicyclic) bond motifs is 4. The minimum Gasteiger partial charge on any atom is -0.457 e. The first-order valence-corrected chi connectivity index (χ1v) is 15.8. The molecule has 6 aliphatic rings. The highest BCUT2D eigenvalue weighted by Crippen LogP contribution is 2.89. The average Bonchev–Trinajstić information content (AvgIpc) is 3.39. The van der Waals surface area contributed by atoms with Crippen LogP contribution < -0.4 is 5.32 Å². The molecule has 6 fully saturated rings. The first-order valence-electron chi connectivity index (χ1n) is 15.8. The number of carbonyl (C=O) groups is 1. The molecule has 1 heterocycles. The van der Waals surface area contributed by atoms with Gasteiger partial charge in [-0.3, -0.25) is 4.79 Å². The van der Waals surface area contributed by atoms with Gasteiger partial charge in [-0.15, -0.1) is 0 Å². The predicted molar refractivity (Wildman–Crippen MR) is 149 cm³/mol. The van der Waals surface area contributed by atoms with Gasteiger partial charge in [0, 0.05) is 13.0 Å². The van der Waals surface area contributed by atoms with Crippen LogP contribution in [0.1, 0.15) is 113 Å². The molecule has 5 aliphatic carbocycles. The SMILES string of the molecule is CN[C@H]1CC[C@]23C[C@]24CC[C@]2(C)C5C(C[C@@]2(C)[C@@H]4CC[C@H]3C1(C)C)O[C@@H]([C@H](OC(C)=O)C(C)(C)O)C[C@H]5C. The maximum atomic E-state index is 12.0. The van der Waals surface area contributed by atoms with E-state index in [1.807, 2.05) is 0 Å². The summed E-state index contributed by atoms with van der Waals surface area (Å²) >= 11 is 0. The summed E-state index contributed by atoms with van der Waals surface area (Å²) in [6.45, 7) is 17.7. The smallest absolute Gasteiger partial charge is 0.303 e. The van der Waals surface area contributed by atoms with Gasteiger partial charge < -0.3 is 19.9 Å². The predicted octanol–water partition coefficient (Wildman–Crippen LogP) is 6.12. The Morgan fingerprint density at radius 2 is 1.68 bits per heavy atom. The van der Waals surface area contributed by atoms with Crippen LogP contribution >= 0.6 is 0 Å². The van der Waals surface area contributed by atoms with E-state index in [4.69, 9.17) is 9.47 Å². The number of aliphatic hydroxyl groups is 1. The zero-order valence-corrected chi connectivity index (χ0v) is 25.7. The molecular formula is C33H55NO4. The molecule has 12 atom stereocenters. The van der Waals surface area contributed by atoms with E-state index in [0.29, 0.717) is 34.1 Å². The molecule has 0 bridgehead atoms. The lowest BCUT2D eigenvalue weighted by molar-refractivity contribution is -0.209. The van der Waals surface area contributed by atoms with Crippen LogP contribution in [0.2, 0.25) is 0 Å². The summed E-state index contributed by atoms with van der Waals surface area (Å²) in [4.78, 5) is 12.0. The van der Waals surface area contributed by atoms with Crippen molar-refractivity contribution in [3.05, 3.63) is 0 Å². The Hall–Kier alpha value is -0.650. The standard InChI is InChI=1S/C33H55NO4/c1-19-16-21(27(29(5,6)36)37-20(2)35)38-22-17-31(8)24-11-10-23-28(3,4)25(34-9)12-13-32(23)18-33(24,32)15-14-30(31,7)26(19)22/h19,21-27,34,36H,10-18H2,1-9H3/t19-,21-,22?,23+,24+,25+,26?,27+,30-,31+,32-,33+/m1/s1. The van der Waals surface area contributed by atoms with Crippen LogP contribution in [-0.4, -0.2) is 48.1 Å². The molecule has 38 heavy (non-hydrogen) atoms. The van der Waals surface area contributed by atoms with E-state index in [1.54, 1.807) is 13.8 Å². The molecular weight excluding hydrogens is 474 g/mol. The molecule has 5 nitrogen and oxygen atoms in total. The Morgan fingerprint density at radius 3 is 2.32 bits per heavy atom. The van der Waals surface area contributed by atoms with Crippen LogP contribution in [0.5, 0.6) is 0 Å². The maximum Gasteiger partial charge on any atom is 0.303 e. The lowest BCUT2D eigenvalue weighted by atomic mass is 9.41. The second-order valence-electron chi connectivity index (χ2n) is 16.5. The van der Waals surface area contributed by atoms with Gasteiger partial charge in [0.1, 0.15) is 0 Å². The lowest BCUT2D eigenvalue weighted by Gasteiger charge is -2.63. The van der Waals surface area contributed by atoms with Crippen molar-refractivity contribution in [2.45, 2.75) is 143 Å². The van der Waals surface area contributed by atoms with Crippen LogP contribution in [0.4, 0.5) is 0 Å². The van der Waals surface area contributed by atoms with Crippen molar-refractivity contribution in [1.29, 1.82) is 0 Å². The number of esters is 1. The minimum absolute atomic E-state index is 0.179. The van der Waals surface area contributed by atoms with Crippen molar-refractivity contribution in [3.63, 3.8) is 0 Å². The van der Waals surface area contributed by atoms with Crippen LogP contribution in [0.25, 0.3) is 0 Å². The zero-order valence-electron chi connectivity index (χ0n) is 25.7. The molecule has 5 saturated carbocycles. The molecule has 0 amide bonds. The van der Waals surface area contributed by atoms with Gasteiger partial charge >= 0.3 is 5.97 Å². The highest BCUT2D eigenvalue weighted by molar-refractivity contribution is 5.66. The van der Waals surface area contributed by atoms with Gasteiger partial charge in [-0.1, -0.05) is 34.6 Å². The quantitative estimate of drug-likeness (QED) is 0.430. The summed E-state index contributed by atoms with van der Waals surface area (Å²) in [6, 6.07) is 0.637. The highest BCUT2D eigenvalue weighted by Gasteiger charge is 2.83. The van der Waals surface area contributed by atoms with Gasteiger partial charge in [0.15, 0.2) is 6.10 Å². The average molecular weight is 530 g/mol. The summed E-state index contributed by atoms with van der Waals surface area (Å²) in [5.41, 5.74) is 0.862. The lowest BCUT2D eigenvalue weighted by Crippen LogP contribution is -2.59. The van der Waals surface area contributed by atoms with Crippen molar-refractivity contribution >= 4 is 5.97 Å². The Labute approximate surface area is 231 Å². The number of rotatable bonds is 4. The van der Waals surface area contributed by atoms with Gasteiger partial charge in [0.25, 0.3) is 0 Å². The number of ether oxygens (including phenoxy) is 2. The van der Waals surface area contributed by atoms with Gasteiger partial charge in [0.05, 0.1) is 17.8 Å². The Morgan fingerprint density at radius 1 is 1.03 bits per heavy atom. The molecule has 0 aromatic heterocycles. The summed E-state index contributed by atoms with van der Waals surface area (Å²) in [6.07, 6.45) is 10.9. The fraction of sp³-hybridized carbons (Fsp3) is 0.970. The van der Waals surface area contributed by atoms with Crippen LogP contribution in [-0.2, 0) is 14.3 Å². The van der Waals surface area contributed by atoms with Crippen molar-refractivity contribution < 1.29 is 19.4 Å². The second-order valence-corrected chi connectivity index (χ2v) is 16.5. The van der Waals surface area contributed by atoms with E-state index < -0.39 is 11.7 Å². The van der Waals surface area contributed by atoms with E-state index in [1.165, 1.54) is 51.9 Å². The minimum atomic E-state index is -1.14. The van der Waals surface area contributed by atoms with E-state index in [2.05, 4.69) is 47.0 Å². The van der Waals surface area contributed by atoms with E-state index >= 15 is 0 Å². The van der Waals surface area contributed by atoms with E-state index in [0.717, 1.165) is 24.7 Å². The molecule has 5 heteroatoms. The van der Waals surface area contributed by atoms with Crippen molar-refractivity contribution in [1.82, 2.24) is 5.32 Å². The molecule has 1 saturated heterocycles. The molecule has 2 N–H and O–H groups in total. The van der Waals surface area contributed by atoms with Crippen molar-refractivity contribution in [2.24, 2.45) is 50.7 Å². The molecule has 0 radical (unpaired) electrons. The maximum absolute atomic E-state index is 12.0. The van der Waals surface area contributed by atoms with Gasteiger partial charge in [-0.25, -0.2) is 0 Å². The number of hydrogen-bond donors (Lipinski definition) is 2. The normalized spacial score (nSPS) is 53.5. The Kier molecular flexibility index (Phi) is 5.95. The summed E-state index contributed by atoms with van der Waals surface area (Å²) < 4.78 is 12.6. The first-order chi connectivity index (χ1) is 17.6. The Balaban J connectivity index is 1.30. The topological polar surface area (TPSA) is 67.8 Å². The molecule has 0 aromatic rings. The van der Waals surface area contributed by atoms with Crippen LogP contribution in [0.15, 0.2) is 0 Å². The number of carbonyl (C=O) groups excluding carboxylic acids is 1. The molecule has 2 spiro atoms. The molecule has 0 aromatic carbocycles. The molecule has 1 aliphatic heterocycles. The highest BCUT2D eigenvalue weighted by atomic mass is 16.6. The van der Waals surface area contributed by atoms with Crippen molar-refractivity contribution in [2.75, 3.05) is 7.05 Å². The number of nitrogens with one attached hydrogen (secondary N) is 1. The van der Waals surface area contributed by atoms with Gasteiger partial charge in [-0.2, -0.15) is 0 Å². The summed E-state index contributed by atoms with van der Waals surface area (Å²) in [5.74, 6) is 2.29. The Bertz CT molecular complexity index is 988. The third-order valence-electron chi connectivity index (χ3n) is 14.4. The van der Waals surface area contributed by atoms with E-state index in [9.17, 15) is 9.90 Å².